The maximum atomic E-state index is 13.8. The Morgan fingerprint density at radius 3 is 2.74 bits per heavy atom. The first-order valence-corrected chi connectivity index (χ1v) is 6.55. The van der Waals surface area contributed by atoms with Crippen LogP contribution in [0.15, 0.2) is 30.5 Å². The van der Waals surface area contributed by atoms with E-state index in [-0.39, 0.29) is 5.82 Å². The van der Waals surface area contributed by atoms with E-state index in [2.05, 4.69) is 24.3 Å². The molecule has 1 heterocycles. The van der Waals surface area contributed by atoms with Crippen LogP contribution in [0.5, 0.6) is 0 Å². The van der Waals surface area contributed by atoms with Gasteiger partial charge in [-0.05, 0) is 30.7 Å². The van der Waals surface area contributed by atoms with Crippen molar-refractivity contribution >= 4 is 0 Å². The van der Waals surface area contributed by atoms with E-state index >= 15 is 0 Å². The van der Waals surface area contributed by atoms with E-state index in [9.17, 15) is 4.39 Å². The van der Waals surface area contributed by atoms with Crippen LogP contribution < -0.4 is 5.32 Å². The van der Waals surface area contributed by atoms with Crippen molar-refractivity contribution in [1.29, 1.82) is 0 Å². The Labute approximate surface area is 113 Å². The van der Waals surface area contributed by atoms with E-state index in [0.717, 1.165) is 17.8 Å². The normalized spacial score (nSPS) is 11.2. The number of hydrogen-bond acceptors (Lipinski definition) is 2. The van der Waals surface area contributed by atoms with Crippen molar-refractivity contribution in [2.24, 2.45) is 0 Å². The van der Waals surface area contributed by atoms with E-state index in [1.165, 1.54) is 6.07 Å². The molecule has 3 nitrogen and oxygen atoms in total. The highest BCUT2D eigenvalue weighted by Crippen LogP contribution is 2.13. The zero-order valence-corrected chi connectivity index (χ0v) is 11.7. The molecule has 0 spiro atoms. The fourth-order valence-electron chi connectivity index (χ4n) is 1.91. The van der Waals surface area contributed by atoms with Crippen LogP contribution in [0.25, 0.3) is 0 Å². The van der Waals surface area contributed by atoms with Gasteiger partial charge in [0.05, 0.1) is 6.54 Å². The summed E-state index contributed by atoms with van der Waals surface area (Å²) in [6.07, 6.45) is 1.73. The first kappa shape index (κ1) is 13.7. The van der Waals surface area contributed by atoms with Crippen LogP contribution in [0.1, 0.15) is 30.7 Å². The lowest BCUT2D eigenvalue weighted by atomic mass is 10.1. The molecule has 1 N–H and O–H groups in total. The molecule has 0 amide bonds. The van der Waals surface area contributed by atoms with Gasteiger partial charge in [0.25, 0.3) is 0 Å². The van der Waals surface area contributed by atoms with Crippen LogP contribution in [0.3, 0.4) is 0 Å². The summed E-state index contributed by atoms with van der Waals surface area (Å²) >= 11 is 0. The van der Waals surface area contributed by atoms with Gasteiger partial charge in [-0.15, -0.1) is 0 Å². The van der Waals surface area contributed by atoms with Gasteiger partial charge in [-0.3, -0.25) is 4.68 Å². The van der Waals surface area contributed by atoms with Crippen LogP contribution in [0.2, 0.25) is 0 Å². The summed E-state index contributed by atoms with van der Waals surface area (Å²) < 4.78 is 15.6. The number of halogens is 1. The maximum absolute atomic E-state index is 13.8. The maximum Gasteiger partial charge on any atom is 0.128 e. The number of rotatable bonds is 5. The largest absolute Gasteiger partial charge is 0.310 e. The molecule has 0 aliphatic carbocycles. The zero-order valence-electron chi connectivity index (χ0n) is 11.7. The van der Waals surface area contributed by atoms with Crippen LogP contribution in [0, 0.1) is 12.7 Å². The van der Waals surface area contributed by atoms with Gasteiger partial charge >= 0.3 is 0 Å². The summed E-state index contributed by atoms with van der Waals surface area (Å²) in [7, 11) is 0. The number of nitrogens with zero attached hydrogens (tertiary/aromatic N) is 2. The number of nitrogens with one attached hydrogen (secondary N) is 1. The molecule has 0 aliphatic rings. The molecule has 0 bridgehead atoms. The van der Waals surface area contributed by atoms with E-state index in [1.54, 1.807) is 10.9 Å². The standard InChI is InChI=1S/C15H20FN3/c1-11(2)17-9-13-4-5-15(16)14(8-13)10-19-12(3)6-7-18-19/h4-8,11,17H,9-10H2,1-3H3. The summed E-state index contributed by atoms with van der Waals surface area (Å²) in [6.45, 7) is 7.38. The van der Waals surface area contributed by atoms with Crippen molar-refractivity contribution < 1.29 is 4.39 Å². The van der Waals surface area contributed by atoms with Gasteiger partial charge in [0.15, 0.2) is 0 Å². The van der Waals surface area contributed by atoms with Gasteiger partial charge in [-0.2, -0.15) is 5.10 Å². The van der Waals surface area contributed by atoms with Crippen molar-refractivity contribution in [3.63, 3.8) is 0 Å². The summed E-state index contributed by atoms with van der Waals surface area (Å²) in [5.41, 5.74) is 2.80. The fraction of sp³-hybridized carbons (Fsp3) is 0.400. The lowest BCUT2D eigenvalue weighted by Gasteiger charge is -2.11. The van der Waals surface area contributed by atoms with Crippen molar-refractivity contribution in [2.75, 3.05) is 0 Å². The average molecular weight is 261 g/mol. The Bertz CT molecular complexity index is 546. The molecule has 19 heavy (non-hydrogen) atoms. The second-order valence-corrected chi connectivity index (χ2v) is 5.09. The Kier molecular flexibility index (Phi) is 4.32. The predicted molar refractivity (Wildman–Crippen MR) is 74.4 cm³/mol. The third kappa shape index (κ3) is 3.64. The number of hydrogen-bond donors (Lipinski definition) is 1. The number of aryl methyl sites for hydroxylation is 1. The molecule has 0 atom stereocenters. The molecule has 0 fully saturated rings. The Hall–Kier alpha value is -1.68. The molecule has 1 aromatic heterocycles. The molecule has 0 saturated carbocycles. The Morgan fingerprint density at radius 2 is 2.11 bits per heavy atom. The van der Waals surface area contributed by atoms with Gasteiger partial charge < -0.3 is 5.32 Å². The topological polar surface area (TPSA) is 29.9 Å². The molecular weight excluding hydrogens is 241 g/mol. The smallest absolute Gasteiger partial charge is 0.128 e. The lowest BCUT2D eigenvalue weighted by molar-refractivity contribution is 0.570. The second kappa shape index (κ2) is 5.97. The monoisotopic (exact) mass is 261 g/mol. The van der Waals surface area contributed by atoms with E-state index in [1.807, 2.05) is 25.1 Å². The van der Waals surface area contributed by atoms with Crippen LogP contribution in [-0.4, -0.2) is 15.8 Å². The number of aromatic nitrogens is 2. The average Bonchev–Trinajstić information content (AvgIpc) is 2.76. The molecule has 102 valence electrons. The van der Waals surface area contributed by atoms with Crippen molar-refractivity contribution in [3.05, 3.63) is 53.1 Å². The van der Waals surface area contributed by atoms with Gasteiger partial charge in [0, 0.05) is 30.0 Å². The van der Waals surface area contributed by atoms with Crippen molar-refractivity contribution in [1.82, 2.24) is 15.1 Å². The molecule has 2 aromatic rings. The second-order valence-electron chi connectivity index (χ2n) is 5.09. The van der Waals surface area contributed by atoms with Gasteiger partial charge in [0.2, 0.25) is 0 Å². The lowest BCUT2D eigenvalue weighted by Crippen LogP contribution is -2.22. The molecule has 0 unspecified atom stereocenters. The highest BCUT2D eigenvalue weighted by molar-refractivity contribution is 5.25. The van der Waals surface area contributed by atoms with Crippen LogP contribution in [-0.2, 0) is 13.1 Å². The van der Waals surface area contributed by atoms with Gasteiger partial charge in [-0.1, -0.05) is 19.9 Å². The third-order valence-corrected chi connectivity index (χ3v) is 3.07. The first-order chi connectivity index (χ1) is 9.06. The molecule has 4 heteroatoms. The van der Waals surface area contributed by atoms with Crippen LogP contribution >= 0.6 is 0 Å². The molecule has 0 radical (unpaired) electrons. The summed E-state index contributed by atoms with van der Waals surface area (Å²) in [5.74, 6) is -0.178. The van der Waals surface area contributed by atoms with Gasteiger partial charge in [-0.25, -0.2) is 4.39 Å². The predicted octanol–water partition coefficient (Wildman–Crippen LogP) is 2.88. The quantitative estimate of drug-likeness (QED) is 0.897. The summed E-state index contributed by atoms with van der Waals surface area (Å²) in [5, 5.41) is 7.52. The SMILES string of the molecule is Cc1ccnn1Cc1cc(CNC(C)C)ccc1F. The highest BCUT2D eigenvalue weighted by Gasteiger charge is 2.07. The minimum absolute atomic E-state index is 0.178. The Balaban J connectivity index is 2.15. The molecule has 2 rings (SSSR count). The first-order valence-electron chi connectivity index (χ1n) is 6.55. The summed E-state index contributed by atoms with van der Waals surface area (Å²) in [6, 6.07) is 7.60. The van der Waals surface area contributed by atoms with Crippen molar-refractivity contribution in [3.8, 4) is 0 Å². The third-order valence-electron chi connectivity index (χ3n) is 3.07. The van der Waals surface area contributed by atoms with E-state index in [0.29, 0.717) is 18.2 Å². The number of benzene rings is 1. The molecule has 0 saturated heterocycles. The van der Waals surface area contributed by atoms with Crippen LogP contribution in [0.4, 0.5) is 4.39 Å². The van der Waals surface area contributed by atoms with E-state index in [4.69, 9.17) is 0 Å². The molecular formula is C15H20FN3. The minimum Gasteiger partial charge on any atom is -0.310 e. The van der Waals surface area contributed by atoms with E-state index < -0.39 is 0 Å². The fourth-order valence-corrected chi connectivity index (χ4v) is 1.91. The zero-order chi connectivity index (χ0) is 13.8. The minimum atomic E-state index is -0.178. The van der Waals surface area contributed by atoms with Gasteiger partial charge in [0.1, 0.15) is 5.82 Å². The summed E-state index contributed by atoms with van der Waals surface area (Å²) in [4.78, 5) is 0. The Morgan fingerprint density at radius 1 is 1.32 bits per heavy atom. The highest BCUT2D eigenvalue weighted by atomic mass is 19.1. The molecule has 0 aliphatic heterocycles. The van der Waals surface area contributed by atoms with Crippen molar-refractivity contribution in [2.45, 2.75) is 39.9 Å². The molecule has 1 aromatic carbocycles.